The van der Waals surface area contributed by atoms with E-state index in [1.54, 1.807) is 12.1 Å². The Morgan fingerprint density at radius 3 is 2.61 bits per heavy atom. The van der Waals surface area contributed by atoms with E-state index < -0.39 is 0 Å². The lowest BCUT2D eigenvalue weighted by Gasteiger charge is -2.07. The highest BCUT2D eigenvalue weighted by molar-refractivity contribution is 5.73. The van der Waals surface area contributed by atoms with Crippen LogP contribution in [0.3, 0.4) is 0 Å². The fourth-order valence-electron chi connectivity index (χ4n) is 1.37. The van der Waals surface area contributed by atoms with Crippen molar-refractivity contribution in [3.8, 4) is 5.75 Å². The maximum atomic E-state index is 12.6. The van der Waals surface area contributed by atoms with Crippen molar-refractivity contribution in [2.75, 3.05) is 19.7 Å². The minimum absolute atomic E-state index is 0.142. The molecule has 100 valence electrons. The number of unbranched alkanes of at least 4 members (excludes halogenated alkanes) is 1. The molecule has 0 unspecified atom stereocenters. The first-order valence-corrected chi connectivity index (χ1v) is 6.12. The number of carbonyl (C=O) groups is 1. The molecule has 0 radical (unpaired) electrons. The Labute approximate surface area is 107 Å². The third-order valence-corrected chi connectivity index (χ3v) is 2.28. The molecule has 18 heavy (non-hydrogen) atoms. The molecule has 0 atom stereocenters. The van der Waals surface area contributed by atoms with Gasteiger partial charge in [0.05, 0.1) is 6.61 Å². The first-order chi connectivity index (χ1) is 8.72. The van der Waals surface area contributed by atoms with Crippen LogP contribution in [0, 0.1) is 5.82 Å². The molecule has 1 aromatic rings. The maximum absolute atomic E-state index is 12.6. The van der Waals surface area contributed by atoms with Crippen molar-refractivity contribution in [1.82, 2.24) is 10.6 Å². The molecule has 0 saturated carbocycles. The normalized spacial score (nSPS) is 9.89. The Bertz CT molecular complexity index is 355. The van der Waals surface area contributed by atoms with Crippen molar-refractivity contribution in [3.63, 3.8) is 0 Å². The van der Waals surface area contributed by atoms with Crippen LogP contribution in [-0.4, -0.2) is 25.7 Å². The number of benzene rings is 1. The predicted molar refractivity (Wildman–Crippen MR) is 68.2 cm³/mol. The summed E-state index contributed by atoms with van der Waals surface area (Å²) in [6.45, 7) is 3.68. The molecular formula is C13H19FN2O2. The number of ether oxygens (including phenoxy) is 1. The van der Waals surface area contributed by atoms with Crippen LogP contribution in [0.4, 0.5) is 9.18 Å². The van der Waals surface area contributed by atoms with Gasteiger partial charge in [0, 0.05) is 13.1 Å². The molecule has 1 aromatic carbocycles. The molecule has 0 heterocycles. The van der Waals surface area contributed by atoms with Gasteiger partial charge in [-0.15, -0.1) is 0 Å². The molecule has 4 nitrogen and oxygen atoms in total. The van der Waals surface area contributed by atoms with E-state index in [-0.39, 0.29) is 11.8 Å². The van der Waals surface area contributed by atoms with Crippen LogP contribution < -0.4 is 15.4 Å². The van der Waals surface area contributed by atoms with Crippen molar-refractivity contribution in [2.45, 2.75) is 19.8 Å². The van der Waals surface area contributed by atoms with Crippen LogP contribution in [0.5, 0.6) is 5.75 Å². The van der Waals surface area contributed by atoms with E-state index in [0.29, 0.717) is 25.4 Å². The van der Waals surface area contributed by atoms with E-state index in [2.05, 4.69) is 10.6 Å². The summed E-state index contributed by atoms with van der Waals surface area (Å²) in [5.41, 5.74) is 0. The summed E-state index contributed by atoms with van der Waals surface area (Å²) in [6, 6.07) is 5.79. The van der Waals surface area contributed by atoms with E-state index in [1.807, 2.05) is 6.92 Å². The molecule has 1 rings (SSSR count). The summed E-state index contributed by atoms with van der Waals surface area (Å²) in [6.07, 6.45) is 1.68. The van der Waals surface area contributed by atoms with E-state index in [4.69, 9.17) is 4.74 Å². The topological polar surface area (TPSA) is 50.4 Å². The van der Waals surface area contributed by atoms with Gasteiger partial charge in [0.25, 0.3) is 0 Å². The van der Waals surface area contributed by atoms with E-state index in [1.165, 1.54) is 12.1 Å². The summed E-state index contributed by atoms with van der Waals surface area (Å²) in [5, 5.41) is 5.39. The molecule has 0 aliphatic heterocycles. The SMILES string of the molecule is CCNC(=O)NCCCCOc1ccc(F)cc1. The third-order valence-electron chi connectivity index (χ3n) is 2.28. The molecular weight excluding hydrogens is 235 g/mol. The first kappa shape index (κ1) is 14.3. The van der Waals surface area contributed by atoms with Gasteiger partial charge in [0.2, 0.25) is 0 Å². The summed E-state index contributed by atoms with van der Waals surface area (Å²) in [7, 11) is 0. The van der Waals surface area contributed by atoms with E-state index >= 15 is 0 Å². The Morgan fingerprint density at radius 2 is 1.94 bits per heavy atom. The highest BCUT2D eigenvalue weighted by Crippen LogP contribution is 2.11. The second-order valence-electron chi connectivity index (χ2n) is 3.80. The molecule has 2 N–H and O–H groups in total. The average Bonchev–Trinajstić information content (AvgIpc) is 2.36. The minimum atomic E-state index is -0.270. The standard InChI is InChI=1S/C13H19FN2O2/c1-2-15-13(17)16-9-3-4-10-18-12-7-5-11(14)6-8-12/h5-8H,2-4,9-10H2,1H3,(H2,15,16,17). The van der Waals surface area contributed by atoms with Gasteiger partial charge < -0.3 is 15.4 Å². The molecule has 0 bridgehead atoms. The summed E-state index contributed by atoms with van der Waals surface area (Å²) in [4.78, 5) is 11.0. The summed E-state index contributed by atoms with van der Waals surface area (Å²) in [5.74, 6) is 0.390. The summed E-state index contributed by atoms with van der Waals surface area (Å²) < 4.78 is 18.0. The molecule has 5 heteroatoms. The van der Waals surface area contributed by atoms with Crippen LogP contribution in [0.15, 0.2) is 24.3 Å². The third kappa shape index (κ3) is 6.08. The quantitative estimate of drug-likeness (QED) is 0.734. The Morgan fingerprint density at radius 1 is 1.22 bits per heavy atom. The molecule has 2 amide bonds. The molecule has 0 aliphatic rings. The van der Waals surface area contributed by atoms with Crippen molar-refractivity contribution in [1.29, 1.82) is 0 Å². The number of hydrogen-bond acceptors (Lipinski definition) is 2. The van der Waals surface area contributed by atoms with E-state index in [9.17, 15) is 9.18 Å². The van der Waals surface area contributed by atoms with Gasteiger partial charge in [0.15, 0.2) is 0 Å². The Kier molecular flexibility index (Phi) is 6.61. The number of urea groups is 1. The van der Waals surface area contributed by atoms with Gasteiger partial charge in [-0.2, -0.15) is 0 Å². The van der Waals surface area contributed by atoms with Crippen LogP contribution in [-0.2, 0) is 0 Å². The number of rotatable bonds is 7. The zero-order chi connectivity index (χ0) is 13.2. The van der Waals surface area contributed by atoms with Crippen molar-refractivity contribution >= 4 is 6.03 Å². The smallest absolute Gasteiger partial charge is 0.314 e. The molecule has 0 aromatic heterocycles. The number of halogens is 1. The summed E-state index contributed by atoms with van der Waals surface area (Å²) >= 11 is 0. The van der Waals surface area contributed by atoms with Gasteiger partial charge in [-0.05, 0) is 44.0 Å². The lowest BCUT2D eigenvalue weighted by atomic mass is 10.3. The van der Waals surface area contributed by atoms with Crippen LogP contribution >= 0.6 is 0 Å². The predicted octanol–water partition coefficient (Wildman–Crippen LogP) is 2.30. The van der Waals surface area contributed by atoms with Crippen LogP contribution in [0.25, 0.3) is 0 Å². The highest BCUT2D eigenvalue weighted by Gasteiger charge is 1.97. The molecule has 0 saturated heterocycles. The minimum Gasteiger partial charge on any atom is -0.494 e. The Balaban J connectivity index is 2.02. The monoisotopic (exact) mass is 254 g/mol. The second kappa shape index (κ2) is 8.33. The maximum Gasteiger partial charge on any atom is 0.314 e. The van der Waals surface area contributed by atoms with Crippen molar-refractivity contribution in [3.05, 3.63) is 30.1 Å². The molecule has 0 aliphatic carbocycles. The Hall–Kier alpha value is -1.78. The zero-order valence-electron chi connectivity index (χ0n) is 10.5. The van der Waals surface area contributed by atoms with Gasteiger partial charge in [0.1, 0.15) is 11.6 Å². The number of hydrogen-bond donors (Lipinski definition) is 2. The largest absolute Gasteiger partial charge is 0.494 e. The van der Waals surface area contributed by atoms with Crippen molar-refractivity contribution in [2.24, 2.45) is 0 Å². The zero-order valence-corrected chi connectivity index (χ0v) is 10.5. The second-order valence-corrected chi connectivity index (χ2v) is 3.80. The first-order valence-electron chi connectivity index (χ1n) is 6.12. The molecule has 0 fully saturated rings. The van der Waals surface area contributed by atoms with Gasteiger partial charge >= 0.3 is 6.03 Å². The van der Waals surface area contributed by atoms with Gasteiger partial charge in [-0.25, -0.2) is 9.18 Å². The van der Waals surface area contributed by atoms with Gasteiger partial charge in [-0.1, -0.05) is 0 Å². The number of nitrogens with one attached hydrogen (secondary N) is 2. The van der Waals surface area contributed by atoms with Crippen LogP contribution in [0.2, 0.25) is 0 Å². The lowest BCUT2D eigenvalue weighted by molar-refractivity contribution is 0.240. The fourth-order valence-corrected chi connectivity index (χ4v) is 1.37. The van der Waals surface area contributed by atoms with Crippen molar-refractivity contribution < 1.29 is 13.9 Å². The lowest BCUT2D eigenvalue weighted by Crippen LogP contribution is -2.35. The van der Waals surface area contributed by atoms with Gasteiger partial charge in [-0.3, -0.25) is 0 Å². The fraction of sp³-hybridized carbons (Fsp3) is 0.462. The van der Waals surface area contributed by atoms with Crippen LogP contribution in [0.1, 0.15) is 19.8 Å². The number of carbonyl (C=O) groups excluding carboxylic acids is 1. The van der Waals surface area contributed by atoms with E-state index in [0.717, 1.165) is 12.8 Å². The number of amides is 2. The highest BCUT2D eigenvalue weighted by atomic mass is 19.1. The average molecular weight is 254 g/mol. The molecule has 0 spiro atoms.